The Morgan fingerprint density at radius 2 is 2.29 bits per heavy atom. The van der Waals surface area contributed by atoms with E-state index in [-0.39, 0.29) is 24.0 Å². The summed E-state index contributed by atoms with van der Waals surface area (Å²) in [4.78, 5) is 11.6. The Hall–Kier alpha value is -2.44. The van der Waals surface area contributed by atoms with E-state index < -0.39 is 0 Å². The molecule has 0 aliphatic heterocycles. The summed E-state index contributed by atoms with van der Waals surface area (Å²) in [5.74, 6) is 0.512. The number of anilines is 1. The van der Waals surface area contributed by atoms with Crippen molar-refractivity contribution >= 4 is 11.7 Å². The zero-order valence-corrected chi connectivity index (χ0v) is 9.17. The molecule has 0 aromatic carbocycles. The van der Waals surface area contributed by atoms with Crippen LogP contribution in [0.5, 0.6) is 0 Å². The summed E-state index contributed by atoms with van der Waals surface area (Å²) in [5.41, 5.74) is 6.34. The van der Waals surface area contributed by atoms with E-state index in [0.717, 1.165) is 5.69 Å². The molecular weight excluding hydrogens is 222 g/mol. The number of carbonyl (C=O) groups excluding carboxylic acids is 1. The van der Waals surface area contributed by atoms with Crippen LogP contribution in [-0.2, 0) is 6.54 Å². The Kier molecular flexibility index (Phi) is 2.99. The molecule has 0 spiro atoms. The van der Waals surface area contributed by atoms with E-state index in [2.05, 4.69) is 20.7 Å². The van der Waals surface area contributed by atoms with Crippen molar-refractivity contribution in [3.8, 4) is 0 Å². The van der Waals surface area contributed by atoms with Crippen LogP contribution in [0.25, 0.3) is 0 Å². The molecule has 0 aliphatic carbocycles. The van der Waals surface area contributed by atoms with Crippen LogP contribution < -0.4 is 11.1 Å². The topological polar surface area (TPSA) is 107 Å². The van der Waals surface area contributed by atoms with E-state index >= 15 is 0 Å². The highest BCUT2D eigenvalue weighted by molar-refractivity contribution is 5.92. The van der Waals surface area contributed by atoms with Gasteiger partial charge in [-0.05, 0) is 19.1 Å². The molecule has 7 nitrogen and oxygen atoms in total. The van der Waals surface area contributed by atoms with Crippen LogP contribution in [0, 0.1) is 6.92 Å². The van der Waals surface area contributed by atoms with Gasteiger partial charge in [0.05, 0.1) is 12.2 Å². The molecule has 0 saturated heterocycles. The van der Waals surface area contributed by atoms with E-state index in [0.29, 0.717) is 5.76 Å². The highest BCUT2D eigenvalue weighted by Crippen LogP contribution is 2.02. The molecule has 0 atom stereocenters. The maximum atomic E-state index is 11.6. The van der Waals surface area contributed by atoms with E-state index in [1.54, 1.807) is 13.0 Å². The van der Waals surface area contributed by atoms with Gasteiger partial charge in [0.2, 0.25) is 0 Å². The van der Waals surface area contributed by atoms with Crippen molar-refractivity contribution in [1.82, 2.24) is 20.7 Å². The summed E-state index contributed by atoms with van der Waals surface area (Å²) in [6.45, 7) is 2.06. The molecule has 2 aromatic rings. The molecule has 1 amide bonds. The van der Waals surface area contributed by atoms with Crippen molar-refractivity contribution in [3.05, 3.63) is 35.3 Å². The predicted octanol–water partition coefficient (Wildman–Crippen LogP) is 0.285. The minimum Gasteiger partial charge on any atom is -0.382 e. The number of nitrogens with one attached hydrogen (secondary N) is 1. The van der Waals surface area contributed by atoms with Crippen molar-refractivity contribution in [2.45, 2.75) is 13.5 Å². The Bertz CT molecular complexity index is 520. The zero-order chi connectivity index (χ0) is 12.3. The third kappa shape index (κ3) is 2.77. The van der Waals surface area contributed by atoms with Crippen LogP contribution >= 0.6 is 0 Å². The lowest BCUT2D eigenvalue weighted by Gasteiger charge is -2.01. The first-order valence-corrected chi connectivity index (χ1v) is 4.95. The Morgan fingerprint density at radius 1 is 1.47 bits per heavy atom. The van der Waals surface area contributed by atoms with Gasteiger partial charge >= 0.3 is 0 Å². The summed E-state index contributed by atoms with van der Waals surface area (Å²) < 4.78 is 4.95. The fourth-order valence-corrected chi connectivity index (χ4v) is 1.22. The Labute approximate surface area is 97.0 Å². The second-order valence-electron chi connectivity index (χ2n) is 3.46. The average molecular weight is 233 g/mol. The third-order valence-electron chi connectivity index (χ3n) is 2.02. The molecule has 17 heavy (non-hydrogen) atoms. The molecule has 0 aliphatic rings. The second kappa shape index (κ2) is 4.60. The third-order valence-corrected chi connectivity index (χ3v) is 2.02. The molecule has 88 valence electrons. The maximum Gasteiger partial charge on any atom is 0.272 e. The summed E-state index contributed by atoms with van der Waals surface area (Å²) >= 11 is 0. The first kappa shape index (κ1) is 11.1. The average Bonchev–Trinajstić information content (AvgIpc) is 2.73. The minimum atomic E-state index is -0.341. The second-order valence-corrected chi connectivity index (χ2v) is 3.46. The first-order valence-electron chi connectivity index (χ1n) is 4.95. The lowest BCUT2D eigenvalue weighted by Crippen LogP contribution is -2.24. The van der Waals surface area contributed by atoms with Gasteiger partial charge in [-0.15, -0.1) is 10.2 Å². The lowest BCUT2D eigenvalue weighted by atomic mass is 10.3. The van der Waals surface area contributed by atoms with E-state index in [1.165, 1.54) is 12.1 Å². The van der Waals surface area contributed by atoms with Gasteiger partial charge in [0.1, 0.15) is 5.82 Å². The van der Waals surface area contributed by atoms with Crippen molar-refractivity contribution in [3.63, 3.8) is 0 Å². The number of nitrogens with two attached hydrogens (primary N) is 1. The number of aryl methyl sites for hydroxylation is 1. The lowest BCUT2D eigenvalue weighted by molar-refractivity contribution is 0.0941. The van der Waals surface area contributed by atoms with Crippen molar-refractivity contribution in [2.24, 2.45) is 0 Å². The number of aromatic nitrogens is 3. The quantitative estimate of drug-likeness (QED) is 0.788. The summed E-state index contributed by atoms with van der Waals surface area (Å²) in [5, 5.41) is 13.6. The molecule has 0 bridgehead atoms. The van der Waals surface area contributed by atoms with Gasteiger partial charge in [0.15, 0.2) is 11.5 Å². The summed E-state index contributed by atoms with van der Waals surface area (Å²) in [7, 11) is 0. The molecule has 0 fully saturated rings. The molecule has 0 unspecified atom stereocenters. The van der Waals surface area contributed by atoms with E-state index in [1.807, 2.05) is 0 Å². The van der Waals surface area contributed by atoms with Crippen LogP contribution in [-0.4, -0.2) is 21.3 Å². The number of nitrogens with zero attached hydrogens (tertiary/aromatic N) is 3. The smallest absolute Gasteiger partial charge is 0.272 e. The van der Waals surface area contributed by atoms with Gasteiger partial charge in [0, 0.05) is 6.07 Å². The Morgan fingerprint density at radius 3 is 2.88 bits per heavy atom. The van der Waals surface area contributed by atoms with E-state index in [4.69, 9.17) is 10.3 Å². The van der Waals surface area contributed by atoms with Crippen LogP contribution in [0.3, 0.4) is 0 Å². The predicted molar refractivity (Wildman–Crippen MR) is 58.9 cm³/mol. The number of hydrogen-bond acceptors (Lipinski definition) is 6. The molecular formula is C10H11N5O2. The number of carbonyl (C=O) groups is 1. The molecule has 0 saturated carbocycles. The van der Waals surface area contributed by atoms with Crippen molar-refractivity contribution < 1.29 is 9.32 Å². The molecule has 2 rings (SSSR count). The Balaban J connectivity index is 1.95. The van der Waals surface area contributed by atoms with Crippen LogP contribution in [0.2, 0.25) is 0 Å². The molecule has 2 aromatic heterocycles. The largest absolute Gasteiger partial charge is 0.382 e. The van der Waals surface area contributed by atoms with Gasteiger partial charge in [-0.2, -0.15) is 0 Å². The van der Waals surface area contributed by atoms with Gasteiger partial charge in [-0.1, -0.05) is 5.16 Å². The van der Waals surface area contributed by atoms with E-state index in [9.17, 15) is 4.79 Å². The summed E-state index contributed by atoms with van der Waals surface area (Å²) in [6, 6.07) is 4.76. The number of amides is 1. The molecule has 2 heterocycles. The highest BCUT2D eigenvalue weighted by atomic mass is 16.5. The van der Waals surface area contributed by atoms with Crippen molar-refractivity contribution in [2.75, 3.05) is 5.73 Å². The maximum absolute atomic E-state index is 11.6. The number of hydrogen-bond donors (Lipinski definition) is 2. The van der Waals surface area contributed by atoms with Gasteiger partial charge in [-0.25, -0.2) is 0 Å². The fourth-order valence-electron chi connectivity index (χ4n) is 1.22. The monoisotopic (exact) mass is 233 g/mol. The van der Waals surface area contributed by atoms with Gasteiger partial charge < -0.3 is 15.6 Å². The summed E-state index contributed by atoms with van der Waals surface area (Å²) in [6.07, 6.45) is 0. The molecule has 7 heteroatoms. The highest BCUT2D eigenvalue weighted by Gasteiger charge is 2.08. The van der Waals surface area contributed by atoms with Crippen molar-refractivity contribution in [1.29, 1.82) is 0 Å². The van der Waals surface area contributed by atoms with Crippen LogP contribution in [0.4, 0.5) is 5.82 Å². The van der Waals surface area contributed by atoms with Crippen LogP contribution in [0.1, 0.15) is 21.9 Å². The normalized spacial score (nSPS) is 10.2. The van der Waals surface area contributed by atoms with Crippen LogP contribution in [0.15, 0.2) is 22.7 Å². The minimum absolute atomic E-state index is 0.204. The van der Waals surface area contributed by atoms with Gasteiger partial charge in [-0.3, -0.25) is 4.79 Å². The number of nitrogen functional groups attached to an aromatic ring is 1. The molecule has 0 radical (unpaired) electrons. The molecule has 3 N–H and O–H groups in total. The standard InChI is InChI=1S/C10H11N5O2/c1-6-4-7(17-15-6)5-12-10(16)8-2-3-9(11)14-13-8/h2-4H,5H2,1H3,(H2,11,14)(H,12,16). The first-order chi connectivity index (χ1) is 8.15. The fraction of sp³-hybridized carbons (Fsp3) is 0.200. The van der Waals surface area contributed by atoms with Gasteiger partial charge in [0.25, 0.3) is 5.91 Å². The number of rotatable bonds is 3. The SMILES string of the molecule is Cc1cc(CNC(=O)c2ccc(N)nn2)on1. The zero-order valence-electron chi connectivity index (χ0n) is 9.17.